The Morgan fingerprint density at radius 2 is 1.09 bits per heavy atom. The summed E-state index contributed by atoms with van der Waals surface area (Å²) in [6, 6.07) is 0. The van der Waals surface area contributed by atoms with Gasteiger partial charge < -0.3 is 35.5 Å². The SMILES string of the molecule is O=C([O-])O.O=C([O-])[O-].[Ba+2].[Mg+2].[OH-]. The number of hydrogen-bond acceptors (Lipinski definition) is 6. The van der Waals surface area contributed by atoms with Crippen LogP contribution in [0.25, 0.3) is 0 Å². The van der Waals surface area contributed by atoms with E-state index in [4.69, 9.17) is 30.0 Å². The largest absolute Gasteiger partial charge is 2.00 e. The van der Waals surface area contributed by atoms with Crippen LogP contribution in [0.5, 0.6) is 0 Å². The van der Waals surface area contributed by atoms with Crippen LogP contribution in [-0.2, 0) is 0 Å². The van der Waals surface area contributed by atoms with Crippen molar-refractivity contribution < 1.29 is 35.5 Å². The molecule has 0 radical (unpaired) electrons. The minimum absolute atomic E-state index is 0. The van der Waals surface area contributed by atoms with Crippen molar-refractivity contribution in [2.45, 2.75) is 0 Å². The number of rotatable bonds is 0. The fourth-order valence-corrected chi connectivity index (χ4v) is 0. The molecule has 56 valence electrons. The fourth-order valence-electron chi connectivity index (χ4n) is 0. The van der Waals surface area contributed by atoms with Crippen molar-refractivity contribution in [2.75, 3.05) is 0 Å². The molecule has 0 aromatic carbocycles. The Morgan fingerprint density at radius 1 is 1.09 bits per heavy atom. The molecule has 0 saturated carbocycles. The van der Waals surface area contributed by atoms with Crippen LogP contribution in [0, 0.1) is 0 Å². The molecule has 0 aliphatic carbocycles. The molecule has 2 N–H and O–H groups in total. The molecule has 0 fully saturated rings. The summed E-state index contributed by atoms with van der Waals surface area (Å²) in [4.78, 5) is 16.8. The minimum Gasteiger partial charge on any atom is -0.870 e. The predicted octanol–water partition coefficient (Wildman–Crippen LogP) is -4.50. The molecule has 0 amide bonds. The summed E-state index contributed by atoms with van der Waals surface area (Å²) < 4.78 is 0. The Bertz CT molecular complexity index is 74.4. The van der Waals surface area contributed by atoms with Gasteiger partial charge in [-0.2, -0.15) is 0 Å². The predicted molar refractivity (Wildman–Crippen MR) is 26.9 cm³/mol. The Kier molecular flexibility index (Phi) is 60.7. The van der Waals surface area contributed by atoms with Crippen molar-refractivity contribution >= 4 is 84.2 Å². The van der Waals surface area contributed by atoms with Crippen LogP contribution in [0.4, 0.5) is 9.59 Å². The van der Waals surface area contributed by atoms with Crippen LogP contribution in [0.2, 0.25) is 0 Å². The summed E-state index contributed by atoms with van der Waals surface area (Å²) >= 11 is 0. The zero-order chi connectivity index (χ0) is 7.15. The smallest absolute Gasteiger partial charge is 0.870 e. The van der Waals surface area contributed by atoms with Crippen molar-refractivity contribution in [3.63, 3.8) is 0 Å². The molecule has 0 unspecified atom stereocenters. The van der Waals surface area contributed by atoms with E-state index in [-0.39, 0.29) is 77.4 Å². The summed E-state index contributed by atoms with van der Waals surface area (Å²) in [6.45, 7) is 0. The van der Waals surface area contributed by atoms with Crippen LogP contribution in [0.1, 0.15) is 0 Å². The molecule has 7 nitrogen and oxygen atoms in total. The molecule has 0 bridgehead atoms. The first kappa shape index (κ1) is 29.7. The van der Waals surface area contributed by atoms with Crippen molar-refractivity contribution in [3.05, 3.63) is 0 Å². The number of hydrogen-bond donors (Lipinski definition) is 1. The van der Waals surface area contributed by atoms with Gasteiger partial charge >= 0.3 is 71.9 Å². The quantitative estimate of drug-likeness (QED) is 0.442. The molecule has 0 saturated heterocycles. The standard InChI is InChI=1S/2CH2O3.Ba.Mg.H2O/c2*2-1(3)4;;;/h2*(H2,2,3,4);;;1H2/q;;2*+2;/p-4. The van der Waals surface area contributed by atoms with Crippen molar-refractivity contribution in [2.24, 2.45) is 0 Å². The van der Waals surface area contributed by atoms with E-state index in [9.17, 15) is 0 Å². The normalized spacial score (nSPS) is 4.36. The summed E-state index contributed by atoms with van der Waals surface area (Å²) in [5.74, 6) is 0. The summed E-state index contributed by atoms with van der Waals surface area (Å²) in [6.07, 6.45) is -4.42. The maximum atomic E-state index is 8.44. The van der Waals surface area contributed by atoms with E-state index >= 15 is 0 Å². The van der Waals surface area contributed by atoms with E-state index in [2.05, 4.69) is 0 Å². The average molecular weight is 300 g/mol. The molecular formula is C2H2BaMgO7. The first-order valence-electron chi connectivity index (χ1n) is 1.24. The third-order valence-corrected chi connectivity index (χ3v) is 0. The van der Waals surface area contributed by atoms with E-state index in [0.717, 1.165) is 0 Å². The molecule has 0 aliphatic heterocycles. The summed E-state index contributed by atoms with van der Waals surface area (Å²) in [7, 11) is 0. The zero-order valence-electron chi connectivity index (χ0n) is 5.35. The van der Waals surface area contributed by atoms with Gasteiger partial charge in [0.25, 0.3) is 0 Å². The summed E-state index contributed by atoms with van der Waals surface area (Å²) in [5.41, 5.74) is 0. The monoisotopic (exact) mass is 300 g/mol. The number of carbonyl (C=O) groups excluding carboxylic acids is 1. The van der Waals surface area contributed by atoms with Gasteiger partial charge in [0, 0.05) is 0 Å². The molecule has 0 aromatic rings. The Balaban J connectivity index is -0.0000000171. The molecule has 9 heteroatoms. The number of carboxylic acid groups (broad SMARTS) is 4. The van der Waals surface area contributed by atoms with Gasteiger partial charge in [-0.15, -0.1) is 0 Å². The second-order valence-electron chi connectivity index (χ2n) is 0.516. The van der Waals surface area contributed by atoms with Gasteiger partial charge in [-0.05, 0) is 6.16 Å². The van der Waals surface area contributed by atoms with Crippen LogP contribution in [0.15, 0.2) is 0 Å². The molecular weight excluding hydrogens is 298 g/mol. The van der Waals surface area contributed by atoms with E-state index in [1.54, 1.807) is 0 Å². The third kappa shape index (κ3) is 1210. The second kappa shape index (κ2) is 22.4. The molecule has 0 rings (SSSR count). The zero-order valence-corrected chi connectivity index (χ0v) is 11.2. The van der Waals surface area contributed by atoms with Gasteiger partial charge in [-0.1, -0.05) is 0 Å². The van der Waals surface area contributed by atoms with Crippen LogP contribution in [0.3, 0.4) is 0 Å². The fraction of sp³-hybridized carbons (Fsp3) is 0. The van der Waals surface area contributed by atoms with E-state index in [1.807, 2.05) is 0 Å². The maximum Gasteiger partial charge on any atom is 2.00 e. The van der Waals surface area contributed by atoms with Crippen LogP contribution < -0.4 is 15.3 Å². The number of carbonyl (C=O) groups is 2. The molecule has 0 aromatic heterocycles. The van der Waals surface area contributed by atoms with E-state index < -0.39 is 12.3 Å². The molecule has 11 heavy (non-hydrogen) atoms. The first-order chi connectivity index (χ1) is 3.46. The maximum absolute atomic E-state index is 8.44. The molecule has 0 aliphatic rings. The van der Waals surface area contributed by atoms with Crippen LogP contribution in [-0.4, -0.2) is 94.8 Å². The first-order valence-corrected chi connectivity index (χ1v) is 1.24. The molecule has 0 heterocycles. The van der Waals surface area contributed by atoms with Gasteiger partial charge in [0.2, 0.25) is 6.16 Å². The van der Waals surface area contributed by atoms with E-state index in [1.165, 1.54) is 0 Å². The van der Waals surface area contributed by atoms with E-state index in [0.29, 0.717) is 0 Å². The summed E-state index contributed by atoms with van der Waals surface area (Å²) in [5, 5.41) is 32.0. The van der Waals surface area contributed by atoms with Gasteiger partial charge in [-0.25, -0.2) is 0 Å². The van der Waals surface area contributed by atoms with Gasteiger partial charge in [0.1, 0.15) is 0 Å². The van der Waals surface area contributed by atoms with Crippen molar-refractivity contribution in [3.8, 4) is 0 Å². The molecule has 0 atom stereocenters. The Morgan fingerprint density at radius 3 is 1.09 bits per heavy atom. The van der Waals surface area contributed by atoms with Gasteiger partial charge in [0.05, 0.1) is 0 Å². The average Bonchev–Trinajstić information content (AvgIpc) is 1.25. The second-order valence-corrected chi connectivity index (χ2v) is 0.516. The van der Waals surface area contributed by atoms with Gasteiger partial charge in [-0.3, -0.25) is 0 Å². The topological polar surface area (TPSA) is 154 Å². The minimum atomic E-state index is -2.33. The van der Waals surface area contributed by atoms with Crippen molar-refractivity contribution in [1.29, 1.82) is 0 Å². The Hall–Kier alpha value is 0.838. The van der Waals surface area contributed by atoms with Crippen LogP contribution >= 0.6 is 0 Å². The Labute approximate surface area is 118 Å². The van der Waals surface area contributed by atoms with Crippen molar-refractivity contribution in [1.82, 2.24) is 0 Å². The molecule has 0 spiro atoms. The van der Waals surface area contributed by atoms with Gasteiger partial charge in [0.15, 0.2) is 0 Å². The third-order valence-electron chi connectivity index (χ3n) is 0.